The highest BCUT2D eigenvalue weighted by atomic mass is 16.6. The van der Waals surface area contributed by atoms with Gasteiger partial charge < -0.3 is 24.1 Å². The van der Waals surface area contributed by atoms with Crippen LogP contribution in [0.15, 0.2) is 10.6 Å². The molecule has 8 heteroatoms. The molecule has 0 fully saturated rings. The Morgan fingerprint density at radius 2 is 1.73 bits per heavy atom. The molecule has 30 heavy (non-hydrogen) atoms. The summed E-state index contributed by atoms with van der Waals surface area (Å²) in [5.41, 5.74) is -0.461. The maximum absolute atomic E-state index is 11.9. The van der Waals surface area contributed by atoms with Gasteiger partial charge in [0.05, 0.1) is 13.7 Å². The Morgan fingerprint density at radius 3 is 2.33 bits per heavy atom. The minimum absolute atomic E-state index is 0.0394. The third-order valence-corrected chi connectivity index (χ3v) is 4.42. The molecule has 1 aromatic heterocycles. The molecule has 0 saturated heterocycles. The highest BCUT2D eigenvalue weighted by Crippen LogP contribution is 2.28. The molecule has 0 aliphatic heterocycles. The first-order chi connectivity index (χ1) is 14.1. The summed E-state index contributed by atoms with van der Waals surface area (Å²) in [4.78, 5) is 23.4. The van der Waals surface area contributed by atoms with E-state index in [0.717, 1.165) is 38.5 Å². The summed E-state index contributed by atoms with van der Waals surface area (Å²) in [5.74, 6) is 0.0795. The van der Waals surface area contributed by atoms with Gasteiger partial charge in [-0.15, -0.1) is 0 Å². The smallest absolute Gasteiger partial charge is 0.407 e. The summed E-state index contributed by atoms with van der Waals surface area (Å²) in [6.45, 7) is 10.6. The molecule has 1 amide bonds. The molecular weight excluding hydrogens is 388 g/mol. The predicted molar refractivity (Wildman–Crippen MR) is 114 cm³/mol. The molecular formula is C22H38N2O6. The fraction of sp³-hybridized carbons (Fsp3) is 0.773. The van der Waals surface area contributed by atoms with Crippen molar-refractivity contribution in [3.63, 3.8) is 0 Å². The normalized spacial score (nSPS) is 12.5. The van der Waals surface area contributed by atoms with E-state index in [1.54, 1.807) is 6.07 Å². The minimum Gasteiger partial charge on any atom is -0.476 e. The standard InChI is InChI=1S/C22H38N2O6/c1-16(2)19(20(25)27-6)17-15-18(24-30-17)28-14-12-10-8-7-9-11-13-23-21(26)29-22(3,4)5/h15-16,19H,7-14H2,1-6H3,(H,23,26). The van der Waals surface area contributed by atoms with Crippen LogP contribution in [0.4, 0.5) is 4.79 Å². The Morgan fingerprint density at radius 1 is 1.10 bits per heavy atom. The van der Waals surface area contributed by atoms with E-state index < -0.39 is 11.5 Å². The van der Waals surface area contributed by atoms with E-state index in [2.05, 4.69) is 10.5 Å². The predicted octanol–water partition coefficient (Wildman–Crippen LogP) is 4.83. The van der Waals surface area contributed by atoms with Gasteiger partial charge >= 0.3 is 12.1 Å². The van der Waals surface area contributed by atoms with Crippen molar-refractivity contribution in [2.24, 2.45) is 5.92 Å². The molecule has 8 nitrogen and oxygen atoms in total. The summed E-state index contributed by atoms with van der Waals surface area (Å²) in [5, 5.41) is 6.66. The number of amides is 1. The third-order valence-electron chi connectivity index (χ3n) is 4.42. The Hall–Kier alpha value is -2.25. The second-order valence-corrected chi connectivity index (χ2v) is 8.71. The number of alkyl carbamates (subject to hydrolysis) is 1. The van der Waals surface area contributed by atoms with Gasteiger partial charge in [-0.05, 0) is 44.7 Å². The summed E-state index contributed by atoms with van der Waals surface area (Å²) >= 11 is 0. The number of nitrogens with zero attached hydrogens (tertiary/aromatic N) is 1. The number of aromatic nitrogens is 1. The molecule has 0 spiro atoms. The van der Waals surface area contributed by atoms with E-state index in [1.165, 1.54) is 7.11 Å². The van der Waals surface area contributed by atoms with Gasteiger partial charge in [0, 0.05) is 12.6 Å². The van der Waals surface area contributed by atoms with E-state index in [9.17, 15) is 9.59 Å². The molecule has 0 aliphatic rings. The molecule has 1 unspecified atom stereocenters. The number of hydrogen-bond acceptors (Lipinski definition) is 7. The van der Waals surface area contributed by atoms with E-state index in [0.29, 0.717) is 24.8 Å². The first-order valence-corrected chi connectivity index (χ1v) is 10.8. The Kier molecular flexibility index (Phi) is 11.3. The minimum atomic E-state index is -0.482. The van der Waals surface area contributed by atoms with Crippen molar-refractivity contribution in [1.82, 2.24) is 10.5 Å². The Balaban J connectivity index is 2.10. The monoisotopic (exact) mass is 426 g/mol. The fourth-order valence-electron chi connectivity index (χ4n) is 2.95. The lowest BCUT2D eigenvalue weighted by molar-refractivity contribution is -0.144. The lowest BCUT2D eigenvalue weighted by Crippen LogP contribution is -2.32. The number of ether oxygens (including phenoxy) is 3. The van der Waals surface area contributed by atoms with Crippen LogP contribution in [0, 0.1) is 5.92 Å². The van der Waals surface area contributed by atoms with E-state index in [-0.39, 0.29) is 18.0 Å². The summed E-state index contributed by atoms with van der Waals surface area (Å²) in [6, 6.07) is 1.67. The number of rotatable bonds is 13. The molecule has 0 aliphatic carbocycles. The lowest BCUT2D eigenvalue weighted by atomic mass is 9.93. The fourth-order valence-corrected chi connectivity index (χ4v) is 2.95. The molecule has 0 bridgehead atoms. The molecule has 0 radical (unpaired) electrons. The first kappa shape index (κ1) is 25.8. The number of unbranched alkanes of at least 4 members (excludes halogenated alkanes) is 5. The number of carbonyl (C=O) groups is 2. The zero-order valence-corrected chi connectivity index (χ0v) is 19.3. The molecule has 1 rings (SSSR count). The van der Waals surface area contributed by atoms with Crippen molar-refractivity contribution in [3.8, 4) is 5.88 Å². The maximum atomic E-state index is 11.9. The number of nitrogens with one attached hydrogen (secondary N) is 1. The van der Waals surface area contributed by atoms with Crippen LogP contribution < -0.4 is 10.1 Å². The summed E-state index contributed by atoms with van der Waals surface area (Å²) < 4.78 is 20.9. The SMILES string of the molecule is COC(=O)C(c1cc(OCCCCCCCCNC(=O)OC(C)(C)C)no1)C(C)C. The highest BCUT2D eigenvalue weighted by molar-refractivity contribution is 5.77. The van der Waals surface area contributed by atoms with Crippen molar-refractivity contribution in [1.29, 1.82) is 0 Å². The van der Waals surface area contributed by atoms with Gasteiger partial charge in [0.1, 0.15) is 11.5 Å². The number of esters is 1. The van der Waals surface area contributed by atoms with Crippen molar-refractivity contribution < 1.29 is 28.3 Å². The molecule has 1 atom stereocenters. The van der Waals surface area contributed by atoms with E-state index >= 15 is 0 Å². The van der Waals surface area contributed by atoms with Crippen molar-refractivity contribution >= 4 is 12.1 Å². The number of methoxy groups -OCH3 is 1. The molecule has 1 N–H and O–H groups in total. The topological polar surface area (TPSA) is 99.9 Å². The van der Waals surface area contributed by atoms with Crippen molar-refractivity contribution in [3.05, 3.63) is 11.8 Å². The van der Waals surface area contributed by atoms with Crippen LogP contribution in [0.3, 0.4) is 0 Å². The van der Waals surface area contributed by atoms with Crippen LogP contribution in [0.1, 0.15) is 84.8 Å². The Bertz CT molecular complexity index is 636. The van der Waals surface area contributed by atoms with Crippen LogP contribution in [0.25, 0.3) is 0 Å². The van der Waals surface area contributed by atoms with Gasteiger partial charge in [-0.1, -0.05) is 39.5 Å². The van der Waals surface area contributed by atoms with Crippen LogP contribution in [-0.4, -0.2) is 43.1 Å². The van der Waals surface area contributed by atoms with E-state index in [4.69, 9.17) is 18.7 Å². The average Bonchev–Trinajstić information content (AvgIpc) is 3.09. The second-order valence-electron chi connectivity index (χ2n) is 8.71. The molecule has 1 heterocycles. The largest absolute Gasteiger partial charge is 0.476 e. The maximum Gasteiger partial charge on any atom is 0.407 e. The van der Waals surface area contributed by atoms with Crippen LogP contribution in [0.5, 0.6) is 5.88 Å². The first-order valence-electron chi connectivity index (χ1n) is 10.8. The summed E-state index contributed by atoms with van der Waals surface area (Å²) in [6.07, 6.45) is 5.84. The zero-order chi connectivity index (χ0) is 22.6. The van der Waals surface area contributed by atoms with Gasteiger partial charge in [0.25, 0.3) is 5.88 Å². The van der Waals surface area contributed by atoms with E-state index in [1.807, 2.05) is 34.6 Å². The van der Waals surface area contributed by atoms with Crippen molar-refractivity contribution in [2.75, 3.05) is 20.3 Å². The van der Waals surface area contributed by atoms with Crippen LogP contribution in [-0.2, 0) is 14.3 Å². The van der Waals surface area contributed by atoms with Crippen molar-refractivity contribution in [2.45, 2.75) is 84.7 Å². The third kappa shape index (κ3) is 10.5. The van der Waals surface area contributed by atoms with Crippen LogP contribution >= 0.6 is 0 Å². The number of carbonyl (C=O) groups excluding carboxylic acids is 2. The number of hydrogen-bond donors (Lipinski definition) is 1. The highest BCUT2D eigenvalue weighted by Gasteiger charge is 2.29. The quantitative estimate of drug-likeness (QED) is 0.356. The second kappa shape index (κ2) is 13.1. The summed E-state index contributed by atoms with van der Waals surface area (Å²) in [7, 11) is 1.36. The molecule has 1 aromatic rings. The van der Waals surface area contributed by atoms with Gasteiger partial charge in [-0.25, -0.2) is 4.79 Å². The molecule has 0 saturated carbocycles. The zero-order valence-electron chi connectivity index (χ0n) is 19.3. The van der Waals surface area contributed by atoms with Crippen LogP contribution in [0.2, 0.25) is 0 Å². The molecule has 0 aromatic carbocycles. The Labute approximate surface area is 180 Å². The lowest BCUT2D eigenvalue weighted by Gasteiger charge is -2.19. The van der Waals surface area contributed by atoms with Gasteiger partial charge in [-0.2, -0.15) is 0 Å². The van der Waals surface area contributed by atoms with Gasteiger partial charge in [0.15, 0.2) is 5.76 Å². The van der Waals surface area contributed by atoms with Gasteiger partial charge in [0.2, 0.25) is 0 Å². The average molecular weight is 427 g/mol. The molecule has 172 valence electrons. The van der Waals surface area contributed by atoms with Gasteiger partial charge in [-0.3, -0.25) is 4.79 Å².